The lowest BCUT2D eigenvalue weighted by Crippen LogP contribution is -2.50. The monoisotopic (exact) mass is 379 g/mol. The Labute approximate surface area is 162 Å². The van der Waals surface area contributed by atoms with Crippen LogP contribution in [0.1, 0.15) is 32.0 Å². The molecule has 1 N–H and O–H groups in total. The van der Waals surface area contributed by atoms with Crippen molar-refractivity contribution in [3.05, 3.63) is 70.7 Å². The summed E-state index contributed by atoms with van der Waals surface area (Å²) in [4.78, 5) is 32.0. The van der Waals surface area contributed by atoms with Crippen molar-refractivity contribution in [2.75, 3.05) is 26.2 Å². The van der Waals surface area contributed by atoms with Crippen LogP contribution in [0, 0.1) is 19.7 Å². The van der Waals surface area contributed by atoms with Crippen LogP contribution in [0.15, 0.2) is 42.5 Å². The molecule has 28 heavy (non-hydrogen) atoms. The summed E-state index contributed by atoms with van der Waals surface area (Å²) < 4.78 is 13.9. The first-order valence-corrected chi connectivity index (χ1v) is 9.37. The van der Waals surface area contributed by atoms with Crippen molar-refractivity contribution in [1.29, 1.82) is 0 Å². The molecule has 1 fully saturated rings. The van der Waals surface area contributed by atoms with Gasteiger partial charge in [0, 0.05) is 37.1 Å². The number of hydrogen-bond acceptors (Lipinski definition) is 2. The molecule has 4 rings (SSSR count). The van der Waals surface area contributed by atoms with Gasteiger partial charge in [-0.1, -0.05) is 18.2 Å². The molecule has 2 aromatic carbocycles. The number of aromatic nitrogens is 1. The number of nitrogens with zero attached hydrogens (tertiary/aromatic N) is 2. The molecule has 1 saturated heterocycles. The Morgan fingerprint density at radius 3 is 2.25 bits per heavy atom. The second-order valence-corrected chi connectivity index (χ2v) is 7.29. The summed E-state index contributed by atoms with van der Waals surface area (Å²) in [6.07, 6.45) is 0. The van der Waals surface area contributed by atoms with Gasteiger partial charge in [-0.2, -0.15) is 0 Å². The maximum absolute atomic E-state index is 13.9. The van der Waals surface area contributed by atoms with Gasteiger partial charge in [0.05, 0.1) is 5.56 Å². The SMILES string of the molecule is Cc1cc(C)c2cc(C(=O)N3CCN(C(=O)c4ccccc4F)CC3)[nH]c2c1. The highest BCUT2D eigenvalue weighted by molar-refractivity contribution is 5.99. The van der Waals surface area contributed by atoms with Crippen molar-refractivity contribution in [2.24, 2.45) is 0 Å². The summed E-state index contributed by atoms with van der Waals surface area (Å²) in [6.45, 7) is 5.68. The molecule has 1 aliphatic rings. The summed E-state index contributed by atoms with van der Waals surface area (Å²) in [7, 11) is 0. The Kier molecular flexibility index (Phi) is 4.63. The van der Waals surface area contributed by atoms with Crippen LogP contribution in [0.3, 0.4) is 0 Å². The van der Waals surface area contributed by atoms with Crippen molar-refractivity contribution in [1.82, 2.24) is 14.8 Å². The number of H-pyrrole nitrogens is 1. The lowest BCUT2D eigenvalue weighted by molar-refractivity contribution is 0.0530. The number of benzene rings is 2. The van der Waals surface area contributed by atoms with E-state index >= 15 is 0 Å². The smallest absolute Gasteiger partial charge is 0.270 e. The molecule has 5 nitrogen and oxygen atoms in total. The zero-order valence-electron chi connectivity index (χ0n) is 16.0. The molecule has 0 atom stereocenters. The molecule has 6 heteroatoms. The molecule has 0 radical (unpaired) electrons. The number of fused-ring (bicyclic) bond motifs is 1. The van der Waals surface area contributed by atoms with Crippen molar-refractivity contribution in [3.8, 4) is 0 Å². The first-order valence-electron chi connectivity index (χ1n) is 9.37. The second-order valence-electron chi connectivity index (χ2n) is 7.29. The van der Waals surface area contributed by atoms with Crippen LogP contribution < -0.4 is 0 Å². The molecular weight excluding hydrogens is 357 g/mol. The topological polar surface area (TPSA) is 56.4 Å². The lowest BCUT2D eigenvalue weighted by Gasteiger charge is -2.34. The van der Waals surface area contributed by atoms with Gasteiger partial charge in [-0.15, -0.1) is 0 Å². The van der Waals surface area contributed by atoms with Crippen molar-refractivity contribution < 1.29 is 14.0 Å². The van der Waals surface area contributed by atoms with E-state index in [0.29, 0.717) is 31.9 Å². The summed E-state index contributed by atoms with van der Waals surface area (Å²) >= 11 is 0. The average Bonchev–Trinajstić information content (AvgIpc) is 3.12. The van der Waals surface area contributed by atoms with E-state index in [1.807, 2.05) is 26.0 Å². The van der Waals surface area contributed by atoms with E-state index in [2.05, 4.69) is 11.1 Å². The molecule has 0 spiro atoms. The van der Waals surface area contributed by atoms with Crippen LogP contribution in [0.25, 0.3) is 10.9 Å². The van der Waals surface area contributed by atoms with Crippen LogP contribution >= 0.6 is 0 Å². The maximum Gasteiger partial charge on any atom is 0.270 e. The molecule has 1 aromatic heterocycles. The van der Waals surface area contributed by atoms with E-state index in [1.54, 1.807) is 21.9 Å². The van der Waals surface area contributed by atoms with Crippen molar-refractivity contribution in [3.63, 3.8) is 0 Å². The van der Waals surface area contributed by atoms with E-state index < -0.39 is 5.82 Å². The van der Waals surface area contributed by atoms with Gasteiger partial charge in [-0.05, 0) is 49.2 Å². The minimum Gasteiger partial charge on any atom is -0.351 e. The number of rotatable bonds is 2. The molecule has 0 aliphatic carbocycles. The molecule has 2 heterocycles. The highest BCUT2D eigenvalue weighted by Crippen LogP contribution is 2.22. The van der Waals surface area contributed by atoms with Gasteiger partial charge in [0.15, 0.2) is 0 Å². The van der Waals surface area contributed by atoms with Gasteiger partial charge >= 0.3 is 0 Å². The number of carbonyl (C=O) groups is 2. The van der Waals surface area contributed by atoms with E-state index in [4.69, 9.17) is 0 Å². The number of nitrogens with one attached hydrogen (secondary N) is 1. The fourth-order valence-corrected chi connectivity index (χ4v) is 3.80. The van der Waals surface area contributed by atoms with Crippen LogP contribution in [0.2, 0.25) is 0 Å². The summed E-state index contributed by atoms with van der Waals surface area (Å²) in [5, 5.41) is 1.04. The maximum atomic E-state index is 13.9. The van der Waals surface area contributed by atoms with E-state index in [9.17, 15) is 14.0 Å². The number of amides is 2. The lowest BCUT2D eigenvalue weighted by atomic mass is 10.1. The zero-order chi connectivity index (χ0) is 19.8. The fraction of sp³-hybridized carbons (Fsp3) is 0.273. The third-order valence-electron chi connectivity index (χ3n) is 5.28. The average molecular weight is 379 g/mol. The first kappa shape index (κ1) is 18.2. The molecule has 2 amide bonds. The van der Waals surface area contributed by atoms with E-state index in [-0.39, 0.29) is 17.4 Å². The largest absolute Gasteiger partial charge is 0.351 e. The van der Waals surface area contributed by atoms with Crippen molar-refractivity contribution >= 4 is 22.7 Å². The third kappa shape index (κ3) is 3.26. The standard InChI is InChI=1S/C22H22FN3O2/c1-14-11-15(2)17-13-20(24-19(17)12-14)22(28)26-9-7-25(8-10-26)21(27)16-5-3-4-6-18(16)23/h3-6,11-13,24H,7-10H2,1-2H3. The minimum absolute atomic E-state index is 0.0729. The Morgan fingerprint density at radius 2 is 1.57 bits per heavy atom. The number of carbonyl (C=O) groups excluding carboxylic acids is 2. The quantitative estimate of drug-likeness (QED) is 0.741. The molecule has 0 saturated carbocycles. The van der Waals surface area contributed by atoms with Gasteiger partial charge < -0.3 is 14.8 Å². The highest BCUT2D eigenvalue weighted by atomic mass is 19.1. The van der Waals surface area contributed by atoms with Gasteiger partial charge in [0.1, 0.15) is 11.5 Å². The Morgan fingerprint density at radius 1 is 0.929 bits per heavy atom. The summed E-state index contributed by atoms with van der Waals surface area (Å²) in [5.41, 5.74) is 3.85. The van der Waals surface area contributed by atoms with Gasteiger partial charge in [0.25, 0.3) is 11.8 Å². The summed E-state index contributed by atoms with van der Waals surface area (Å²) in [6, 6.07) is 12.0. The predicted molar refractivity (Wildman–Crippen MR) is 106 cm³/mol. The molecule has 0 bridgehead atoms. The second kappa shape index (κ2) is 7.11. The molecule has 3 aromatic rings. The van der Waals surface area contributed by atoms with Crippen molar-refractivity contribution in [2.45, 2.75) is 13.8 Å². The molecule has 0 unspecified atom stereocenters. The first-order chi connectivity index (χ1) is 13.4. The Hall–Kier alpha value is -3.15. The number of halogens is 1. The number of hydrogen-bond donors (Lipinski definition) is 1. The Balaban J connectivity index is 1.46. The van der Waals surface area contributed by atoms with Crippen LogP contribution in [-0.2, 0) is 0 Å². The van der Waals surface area contributed by atoms with Gasteiger partial charge in [-0.3, -0.25) is 9.59 Å². The number of aromatic amines is 1. The summed E-state index contributed by atoms with van der Waals surface area (Å²) in [5.74, 6) is -0.928. The number of piperazine rings is 1. The van der Waals surface area contributed by atoms with E-state index in [1.165, 1.54) is 12.1 Å². The van der Waals surface area contributed by atoms with Crippen LogP contribution in [0.4, 0.5) is 4.39 Å². The molecule has 1 aliphatic heterocycles. The van der Waals surface area contributed by atoms with Gasteiger partial charge in [0.2, 0.25) is 0 Å². The van der Waals surface area contributed by atoms with Crippen LogP contribution in [0.5, 0.6) is 0 Å². The Bertz CT molecular complexity index is 1060. The molecular formula is C22H22FN3O2. The van der Waals surface area contributed by atoms with Crippen LogP contribution in [-0.4, -0.2) is 52.8 Å². The predicted octanol–water partition coefficient (Wildman–Crippen LogP) is 3.52. The fourth-order valence-electron chi connectivity index (χ4n) is 3.80. The highest BCUT2D eigenvalue weighted by Gasteiger charge is 2.27. The van der Waals surface area contributed by atoms with E-state index in [0.717, 1.165) is 22.0 Å². The normalized spacial score (nSPS) is 14.5. The zero-order valence-corrected chi connectivity index (χ0v) is 16.0. The van der Waals surface area contributed by atoms with Gasteiger partial charge in [-0.25, -0.2) is 4.39 Å². The third-order valence-corrected chi connectivity index (χ3v) is 5.28. The number of aryl methyl sites for hydroxylation is 2. The minimum atomic E-state index is -0.519. The molecule has 144 valence electrons.